The van der Waals surface area contributed by atoms with Crippen molar-refractivity contribution in [3.63, 3.8) is 0 Å². The average Bonchev–Trinajstić information content (AvgIpc) is 3.52. The lowest BCUT2D eigenvalue weighted by molar-refractivity contribution is 0.0815. The van der Waals surface area contributed by atoms with Crippen molar-refractivity contribution in [1.82, 2.24) is 19.4 Å². The van der Waals surface area contributed by atoms with Crippen molar-refractivity contribution >= 4 is 29.4 Å². The minimum Gasteiger partial charge on any atom is -0.395 e. The molecule has 10 heteroatoms. The van der Waals surface area contributed by atoms with E-state index in [-0.39, 0.29) is 18.6 Å². The van der Waals surface area contributed by atoms with Crippen LogP contribution in [-0.4, -0.2) is 90.0 Å². The van der Waals surface area contributed by atoms with Gasteiger partial charge in [-0.25, -0.2) is 4.98 Å². The van der Waals surface area contributed by atoms with Crippen LogP contribution in [0.5, 0.6) is 0 Å². The number of carbonyl (C=O) groups excluding carboxylic acids is 1. The van der Waals surface area contributed by atoms with Crippen molar-refractivity contribution in [2.75, 3.05) is 69.0 Å². The Labute approximate surface area is 213 Å². The molecule has 0 radical (unpaired) electrons. The highest BCUT2D eigenvalue weighted by atomic mass is 16.3. The van der Waals surface area contributed by atoms with Crippen LogP contribution in [-0.2, 0) is 0 Å². The molecule has 4 rings (SSSR count). The van der Waals surface area contributed by atoms with Crippen LogP contribution < -0.4 is 15.5 Å². The minimum absolute atomic E-state index is 0.0777. The third-order valence-electron chi connectivity index (χ3n) is 6.99. The van der Waals surface area contributed by atoms with E-state index in [0.29, 0.717) is 28.7 Å². The monoisotopic (exact) mass is 494 g/mol. The van der Waals surface area contributed by atoms with Gasteiger partial charge >= 0.3 is 0 Å². The second kappa shape index (κ2) is 11.6. The molecular weight excluding hydrogens is 456 g/mol. The van der Waals surface area contributed by atoms with E-state index in [1.165, 1.54) is 6.21 Å². The molecule has 0 bridgehead atoms. The zero-order valence-corrected chi connectivity index (χ0v) is 21.3. The van der Waals surface area contributed by atoms with Gasteiger partial charge in [0.05, 0.1) is 18.5 Å². The number of rotatable bonds is 10. The summed E-state index contributed by atoms with van der Waals surface area (Å²) >= 11 is 0. The molecule has 194 valence electrons. The summed E-state index contributed by atoms with van der Waals surface area (Å²) in [5.74, 6) is 1.82. The molecule has 0 atom stereocenters. The standard InChI is InChI=1S/C26H38N8O2/c1-19(29-24-9-8-22(18-28-24)33-12-10-32(11-13-33)14-15-35)30-25-20(17-27)16-23(26(36)31(2)3)34(25)21-6-4-5-7-21/h8-9,16-18,21,27,30,35H,1,4-7,10-15H2,2-3H3,(H,28,29). The minimum atomic E-state index is -0.0777. The molecule has 4 N–H and O–H groups in total. The molecule has 0 spiro atoms. The Kier molecular flexibility index (Phi) is 8.27. The first-order chi connectivity index (χ1) is 17.4. The Bertz CT molecular complexity index is 1060. The Hall–Kier alpha value is -3.37. The second-order valence-electron chi connectivity index (χ2n) is 9.67. The number of piperazine rings is 1. The van der Waals surface area contributed by atoms with E-state index < -0.39 is 0 Å². The normalized spacial score (nSPS) is 16.7. The van der Waals surface area contributed by atoms with E-state index in [1.807, 2.05) is 18.3 Å². The van der Waals surface area contributed by atoms with Crippen molar-refractivity contribution < 1.29 is 9.90 Å². The van der Waals surface area contributed by atoms with Crippen molar-refractivity contribution in [3.05, 3.63) is 48.1 Å². The molecule has 3 heterocycles. The van der Waals surface area contributed by atoms with Crippen LogP contribution in [0.4, 0.5) is 17.3 Å². The van der Waals surface area contributed by atoms with Crippen molar-refractivity contribution in [3.8, 4) is 0 Å². The number of nitrogens with one attached hydrogen (secondary N) is 3. The fourth-order valence-corrected chi connectivity index (χ4v) is 5.07. The zero-order chi connectivity index (χ0) is 25.7. The van der Waals surface area contributed by atoms with E-state index in [2.05, 4.69) is 36.6 Å². The van der Waals surface area contributed by atoms with E-state index in [1.54, 1.807) is 25.1 Å². The second-order valence-corrected chi connectivity index (χ2v) is 9.67. The largest absolute Gasteiger partial charge is 0.395 e. The van der Waals surface area contributed by atoms with E-state index in [0.717, 1.165) is 64.1 Å². The lowest BCUT2D eigenvalue weighted by atomic mass is 10.2. The summed E-state index contributed by atoms with van der Waals surface area (Å²) in [5, 5.41) is 23.6. The van der Waals surface area contributed by atoms with Crippen molar-refractivity contribution in [2.24, 2.45) is 0 Å². The van der Waals surface area contributed by atoms with Crippen LogP contribution in [0.15, 0.2) is 36.8 Å². The van der Waals surface area contributed by atoms with Crippen molar-refractivity contribution in [2.45, 2.75) is 31.7 Å². The average molecular weight is 495 g/mol. The van der Waals surface area contributed by atoms with Gasteiger partial charge in [0.2, 0.25) is 0 Å². The highest BCUT2D eigenvalue weighted by Gasteiger charge is 2.28. The molecule has 1 amide bonds. The van der Waals surface area contributed by atoms with Crippen LogP contribution in [0.2, 0.25) is 0 Å². The van der Waals surface area contributed by atoms with Gasteiger partial charge in [0, 0.05) is 64.6 Å². The molecular formula is C26H38N8O2. The molecule has 10 nitrogen and oxygen atoms in total. The quantitative estimate of drug-likeness (QED) is 0.376. The number of hydrogen-bond acceptors (Lipinski definition) is 8. The number of amides is 1. The number of aliphatic hydroxyl groups is 1. The molecule has 0 aromatic carbocycles. The Morgan fingerprint density at radius 1 is 1.22 bits per heavy atom. The fraction of sp³-hybridized carbons (Fsp3) is 0.500. The van der Waals surface area contributed by atoms with Crippen LogP contribution in [0, 0.1) is 5.41 Å². The predicted molar refractivity (Wildman–Crippen MR) is 144 cm³/mol. The summed E-state index contributed by atoms with van der Waals surface area (Å²) in [6.45, 7) is 8.71. The number of aliphatic hydroxyl groups excluding tert-OH is 1. The highest BCUT2D eigenvalue weighted by molar-refractivity contribution is 5.98. The van der Waals surface area contributed by atoms with Gasteiger partial charge in [-0.05, 0) is 31.0 Å². The van der Waals surface area contributed by atoms with Gasteiger partial charge < -0.3 is 35.5 Å². The third kappa shape index (κ3) is 5.71. The Balaban J connectivity index is 1.46. The molecule has 1 aliphatic heterocycles. The third-order valence-corrected chi connectivity index (χ3v) is 6.99. The highest BCUT2D eigenvalue weighted by Crippen LogP contribution is 2.36. The summed E-state index contributed by atoms with van der Waals surface area (Å²) in [6, 6.07) is 5.97. The van der Waals surface area contributed by atoms with E-state index in [4.69, 9.17) is 10.5 Å². The van der Waals surface area contributed by atoms with E-state index in [9.17, 15) is 4.79 Å². The van der Waals surface area contributed by atoms with Gasteiger partial charge in [-0.3, -0.25) is 9.69 Å². The SMILES string of the molecule is C=C(Nc1ccc(N2CCN(CCO)CC2)cn1)Nc1c(C=N)cc(C(=O)N(C)C)n1C1CCCC1. The lowest BCUT2D eigenvalue weighted by Gasteiger charge is -2.35. The van der Waals surface area contributed by atoms with Gasteiger partial charge in [-0.2, -0.15) is 0 Å². The smallest absolute Gasteiger partial charge is 0.270 e. The molecule has 2 fully saturated rings. The summed E-state index contributed by atoms with van der Waals surface area (Å²) in [5.41, 5.74) is 2.30. The first kappa shape index (κ1) is 25.7. The summed E-state index contributed by atoms with van der Waals surface area (Å²) in [7, 11) is 3.49. The number of aromatic nitrogens is 2. The molecule has 1 aliphatic carbocycles. The number of anilines is 3. The molecule has 2 aromatic rings. The summed E-state index contributed by atoms with van der Waals surface area (Å²) in [4.78, 5) is 23.6. The maximum absolute atomic E-state index is 12.9. The number of hydrogen-bond donors (Lipinski definition) is 4. The van der Waals surface area contributed by atoms with Crippen LogP contribution in [0.25, 0.3) is 0 Å². The molecule has 1 saturated heterocycles. The van der Waals surface area contributed by atoms with Crippen LogP contribution >= 0.6 is 0 Å². The molecule has 2 aromatic heterocycles. The Morgan fingerprint density at radius 3 is 2.53 bits per heavy atom. The van der Waals surface area contributed by atoms with Gasteiger partial charge in [-0.1, -0.05) is 19.4 Å². The molecule has 2 aliphatic rings. The number of pyridine rings is 1. The first-order valence-electron chi connectivity index (χ1n) is 12.7. The topological polar surface area (TPSA) is 113 Å². The lowest BCUT2D eigenvalue weighted by Crippen LogP contribution is -2.47. The molecule has 0 unspecified atom stereocenters. The maximum Gasteiger partial charge on any atom is 0.270 e. The molecule has 1 saturated carbocycles. The number of β-amino-alcohol motifs (C(OH)–C–C–N with tert-alkyl or cyclic N) is 1. The van der Waals surface area contributed by atoms with Crippen LogP contribution in [0.3, 0.4) is 0 Å². The van der Waals surface area contributed by atoms with Gasteiger partial charge in [0.1, 0.15) is 23.2 Å². The zero-order valence-electron chi connectivity index (χ0n) is 21.3. The van der Waals surface area contributed by atoms with Gasteiger partial charge in [-0.15, -0.1) is 0 Å². The van der Waals surface area contributed by atoms with Crippen LogP contribution in [0.1, 0.15) is 47.8 Å². The summed E-state index contributed by atoms with van der Waals surface area (Å²) in [6.07, 6.45) is 7.40. The number of nitrogens with zero attached hydrogens (tertiary/aromatic N) is 5. The molecule has 36 heavy (non-hydrogen) atoms. The van der Waals surface area contributed by atoms with E-state index >= 15 is 0 Å². The van der Waals surface area contributed by atoms with Gasteiger partial charge in [0.15, 0.2) is 0 Å². The summed E-state index contributed by atoms with van der Waals surface area (Å²) < 4.78 is 2.05. The fourth-order valence-electron chi connectivity index (χ4n) is 5.07. The van der Waals surface area contributed by atoms with Gasteiger partial charge in [0.25, 0.3) is 5.91 Å². The number of carbonyl (C=O) groups is 1. The predicted octanol–water partition coefficient (Wildman–Crippen LogP) is 2.81. The Morgan fingerprint density at radius 2 is 1.94 bits per heavy atom. The maximum atomic E-state index is 12.9. The first-order valence-corrected chi connectivity index (χ1v) is 12.7. The van der Waals surface area contributed by atoms with Crippen molar-refractivity contribution in [1.29, 1.82) is 5.41 Å².